The summed E-state index contributed by atoms with van der Waals surface area (Å²) in [6, 6.07) is -0.107. The Hall–Kier alpha value is -0.710. The summed E-state index contributed by atoms with van der Waals surface area (Å²) in [4.78, 5) is 24.0. The largest absolute Gasteiger partial charge is 0.329 e. The average Bonchev–Trinajstić information content (AvgIpc) is 2.60. The zero-order valence-corrected chi connectivity index (χ0v) is 8.26. The van der Waals surface area contributed by atoms with Crippen molar-refractivity contribution in [3.05, 3.63) is 0 Å². The Morgan fingerprint density at radius 2 is 2.31 bits per heavy atom. The number of carbonyl (C=O) groups is 2. The molecule has 2 fully saturated rings. The molecule has 1 N–H and O–H groups in total. The number of imide groups is 1. The molecular weight excluding hydrogens is 188 g/mol. The van der Waals surface area contributed by atoms with Crippen LogP contribution in [0.3, 0.4) is 0 Å². The lowest BCUT2D eigenvalue weighted by atomic mass is 10.1. The van der Waals surface area contributed by atoms with Crippen LogP contribution in [0, 0.1) is 0 Å². The van der Waals surface area contributed by atoms with Crippen molar-refractivity contribution < 1.29 is 9.59 Å². The molecule has 2 unspecified atom stereocenters. The first kappa shape index (κ1) is 8.87. The number of thioether (sulfide) groups is 1. The van der Waals surface area contributed by atoms with Crippen molar-refractivity contribution in [3.63, 3.8) is 0 Å². The van der Waals surface area contributed by atoms with Crippen molar-refractivity contribution in [1.29, 1.82) is 0 Å². The first-order valence-electron chi connectivity index (χ1n) is 4.41. The standard InChI is InChI=1S/C8H12N2O2S/c1-5-6(2-3-13-5)10-7(11)4-9-8(10)12/h5-6H,2-4H2,1H3,(H,9,12). The van der Waals surface area contributed by atoms with Crippen LogP contribution in [0.2, 0.25) is 0 Å². The lowest BCUT2D eigenvalue weighted by Gasteiger charge is -2.23. The fourth-order valence-corrected chi connectivity index (χ4v) is 3.06. The molecule has 0 saturated carbocycles. The van der Waals surface area contributed by atoms with Gasteiger partial charge in [0.05, 0.1) is 12.6 Å². The van der Waals surface area contributed by atoms with Crippen molar-refractivity contribution in [2.75, 3.05) is 12.3 Å². The third-order valence-electron chi connectivity index (χ3n) is 2.55. The molecule has 2 heterocycles. The van der Waals surface area contributed by atoms with Crippen LogP contribution in [0.5, 0.6) is 0 Å². The van der Waals surface area contributed by atoms with E-state index < -0.39 is 0 Å². The summed E-state index contributed by atoms with van der Waals surface area (Å²) >= 11 is 1.82. The molecule has 0 aromatic carbocycles. The third kappa shape index (κ3) is 1.41. The normalized spacial score (nSPS) is 34.1. The fraction of sp³-hybridized carbons (Fsp3) is 0.750. The molecule has 0 aliphatic carbocycles. The number of urea groups is 1. The monoisotopic (exact) mass is 200 g/mol. The number of amides is 3. The van der Waals surface area contributed by atoms with Crippen molar-refractivity contribution >= 4 is 23.7 Å². The van der Waals surface area contributed by atoms with Gasteiger partial charge in [0, 0.05) is 5.25 Å². The Morgan fingerprint density at radius 1 is 1.54 bits per heavy atom. The zero-order chi connectivity index (χ0) is 9.42. The number of nitrogens with zero attached hydrogens (tertiary/aromatic N) is 1. The van der Waals surface area contributed by atoms with E-state index in [4.69, 9.17) is 0 Å². The van der Waals surface area contributed by atoms with Gasteiger partial charge in [0.2, 0.25) is 5.91 Å². The molecule has 2 saturated heterocycles. The summed E-state index contributed by atoms with van der Waals surface area (Å²) < 4.78 is 0. The molecule has 2 atom stereocenters. The van der Waals surface area contributed by atoms with Gasteiger partial charge in [0.1, 0.15) is 0 Å². The second-order valence-electron chi connectivity index (χ2n) is 3.35. The topological polar surface area (TPSA) is 49.4 Å². The molecule has 0 aromatic heterocycles. The van der Waals surface area contributed by atoms with Crippen LogP contribution in [-0.4, -0.2) is 40.4 Å². The Morgan fingerprint density at radius 3 is 2.77 bits per heavy atom. The molecule has 72 valence electrons. The molecule has 5 heteroatoms. The van der Waals surface area contributed by atoms with Gasteiger partial charge in [-0.3, -0.25) is 9.69 Å². The summed E-state index contributed by atoms with van der Waals surface area (Å²) in [6.45, 7) is 2.24. The second kappa shape index (κ2) is 3.21. The Bertz CT molecular complexity index is 241. The molecule has 13 heavy (non-hydrogen) atoms. The molecule has 0 spiro atoms. The zero-order valence-electron chi connectivity index (χ0n) is 7.45. The molecule has 0 radical (unpaired) electrons. The van der Waals surface area contributed by atoms with E-state index in [0.29, 0.717) is 5.25 Å². The average molecular weight is 200 g/mol. The maximum absolute atomic E-state index is 11.4. The van der Waals surface area contributed by atoms with Crippen LogP contribution >= 0.6 is 11.8 Å². The van der Waals surface area contributed by atoms with Gasteiger partial charge in [-0.2, -0.15) is 11.8 Å². The first-order chi connectivity index (χ1) is 6.20. The highest BCUT2D eigenvalue weighted by Crippen LogP contribution is 2.31. The number of nitrogens with one attached hydrogen (secondary N) is 1. The SMILES string of the molecule is CC1SCCC1N1C(=O)CNC1=O. The maximum atomic E-state index is 11.4. The molecule has 2 aliphatic rings. The highest BCUT2D eigenvalue weighted by molar-refractivity contribution is 8.00. The Kier molecular flexibility index (Phi) is 2.19. The van der Waals surface area contributed by atoms with Crippen molar-refractivity contribution in [2.24, 2.45) is 0 Å². The van der Waals surface area contributed by atoms with E-state index in [1.165, 1.54) is 4.90 Å². The summed E-state index contributed by atoms with van der Waals surface area (Å²) in [5.41, 5.74) is 0. The quantitative estimate of drug-likeness (QED) is 0.624. The van der Waals surface area contributed by atoms with E-state index in [2.05, 4.69) is 12.2 Å². The van der Waals surface area contributed by atoms with E-state index in [1.54, 1.807) is 0 Å². The van der Waals surface area contributed by atoms with Gasteiger partial charge < -0.3 is 5.32 Å². The summed E-state index contributed by atoms with van der Waals surface area (Å²) in [6.07, 6.45) is 0.936. The van der Waals surface area contributed by atoms with Crippen LogP contribution in [0.15, 0.2) is 0 Å². The van der Waals surface area contributed by atoms with Gasteiger partial charge in [-0.25, -0.2) is 4.79 Å². The summed E-state index contributed by atoms with van der Waals surface area (Å²) in [5, 5.41) is 2.93. The Balaban J connectivity index is 2.14. The van der Waals surface area contributed by atoms with Crippen molar-refractivity contribution in [1.82, 2.24) is 10.2 Å². The molecule has 2 rings (SSSR count). The van der Waals surface area contributed by atoms with Gasteiger partial charge in [-0.15, -0.1) is 0 Å². The summed E-state index contributed by atoms with van der Waals surface area (Å²) in [7, 11) is 0. The summed E-state index contributed by atoms with van der Waals surface area (Å²) in [5.74, 6) is 0.965. The minimum absolute atomic E-state index is 0.0793. The minimum atomic E-state index is -0.218. The van der Waals surface area contributed by atoms with E-state index in [1.807, 2.05) is 11.8 Å². The number of carbonyl (C=O) groups excluding carboxylic acids is 2. The second-order valence-corrected chi connectivity index (χ2v) is 4.84. The smallest absolute Gasteiger partial charge is 0.324 e. The van der Waals surface area contributed by atoms with E-state index in [9.17, 15) is 9.59 Å². The number of hydrogen-bond acceptors (Lipinski definition) is 3. The Labute approximate surface area is 81.0 Å². The van der Waals surface area contributed by atoms with Crippen molar-refractivity contribution in [2.45, 2.75) is 24.6 Å². The van der Waals surface area contributed by atoms with E-state index in [0.717, 1.165) is 12.2 Å². The van der Waals surface area contributed by atoms with E-state index >= 15 is 0 Å². The maximum Gasteiger partial charge on any atom is 0.324 e. The molecule has 0 aromatic rings. The minimum Gasteiger partial charge on any atom is -0.329 e. The van der Waals surface area contributed by atoms with Crippen LogP contribution in [0.1, 0.15) is 13.3 Å². The van der Waals surface area contributed by atoms with Gasteiger partial charge in [-0.1, -0.05) is 6.92 Å². The molecule has 4 nitrogen and oxygen atoms in total. The van der Waals surface area contributed by atoms with Crippen LogP contribution in [0.25, 0.3) is 0 Å². The number of hydrogen-bond donors (Lipinski definition) is 1. The lowest BCUT2D eigenvalue weighted by Crippen LogP contribution is -2.43. The predicted octanol–water partition coefficient (Wildman–Crippen LogP) is 0.432. The molecule has 0 bridgehead atoms. The van der Waals surface area contributed by atoms with Gasteiger partial charge in [0.25, 0.3) is 0 Å². The first-order valence-corrected chi connectivity index (χ1v) is 5.46. The molecular formula is C8H12N2O2S. The van der Waals surface area contributed by atoms with Crippen molar-refractivity contribution in [3.8, 4) is 0 Å². The lowest BCUT2D eigenvalue weighted by molar-refractivity contribution is -0.126. The van der Waals surface area contributed by atoms with Gasteiger partial charge in [-0.05, 0) is 12.2 Å². The van der Waals surface area contributed by atoms with Gasteiger partial charge in [0.15, 0.2) is 0 Å². The van der Waals surface area contributed by atoms with Crippen LogP contribution in [0.4, 0.5) is 4.79 Å². The van der Waals surface area contributed by atoms with E-state index in [-0.39, 0.29) is 24.5 Å². The van der Waals surface area contributed by atoms with Gasteiger partial charge >= 0.3 is 6.03 Å². The highest BCUT2D eigenvalue weighted by Gasteiger charge is 2.39. The predicted molar refractivity (Wildman–Crippen MR) is 50.6 cm³/mol. The molecule has 2 aliphatic heterocycles. The van der Waals surface area contributed by atoms with Crippen LogP contribution in [-0.2, 0) is 4.79 Å². The third-order valence-corrected chi connectivity index (χ3v) is 3.86. The number of rotatable bonds is 1. The molecule has 3 amide bonds. The highest BCUT2D eigenvalue weighted by atomic mass is 32.2. The fourth-order valence-electron chi connectivity index (χ4n) is 1.83. The van der Waals surface area contributed by atoms with Crippen LogP contribution < -0.4 is 5.32 Å².